The van der Waals surface area contributed by atoms with Crippen molar-refractivity contribution in [1.82, 2.24) is 9.97 Å². The van der Waals surface area contributed by atoms with Gasteiger partial charge in [0.25, 0.3) is 0 Å². The van der Waals surface area contributed by atoms with E-state index in [9.17, 15) is 4.79 Å². The predicted molar refractivity (Wildman–Crippen MR) is 66.7 cm³/mol. The van der Waals surface area contributed by atoms with E-state index >= 15 is 0 Å². The van der Waals surface area contributed by atoms with Crippen molar-refractivity contribution in [3.63, 3.8) is 0 Å². The number of nitrogen functional groups attached to an aromatic ring is 1. The molecule has 17 heavy (non-hydrogen) atoms. The highest BCUT2D eigenvalue weighted by atomic mass is 16.2. The van der Waals surface area contributed by atoms with Crippen LogP contribution in [0.1, 0.15) is 44.7 Å². The third-order valence-corrected chi connectivity index (χ3v) is 2.95. The van der Waals surface area contributed by atoms with Crippen molar-refractivity contribution in [3.8, 4) is 0 Å². The molecule has 1 aromatic heterocycles. The Morgan fingerprint density at radius 1 is 1.41 bits per heavy atom. The van der Waals surface area contributed by atoms with Crippen LogP contribution in [0.15, 0.2) is 6.20 Å². The molecular formula is C12H18N4O. The Bertz CT molecular complexity index is 431. The van der Waals surface area contributed by atoms with E-state index in [2.05, 4.69) is 9.97 Å². The Morgan fingerprint density at radius 2 is 2.18 bits per heavy atom. The number of nitrogens with two attached hydrogens (primary N) is 1. The van der Waals surface area contributed by atoms with Crippen LogP contribution in [0.4, 0.5) is 11.6 Å². The summed E-state index contributed by atoms with van der Waals surface area (Å²) in [6.07, 6.45) is 4.15. The summed E-state index contributed by atoms with van der Waals surface area (Å²) in [5, 5.41) is 0. The van der Waals surface area contributed by atoms with Gasteiger partial charge in [-0.25, -0.2) is 9.97 Å². The predicted octanol–water partition coefficient (Wildman–Crippen LogP) is 1.70. The Balaban J connectivity index is 2.32. The molecule has 1 aliphatic rings. The molecule has 0 aromatic carbocycles. The molecule has 1 aliphatic heterocycles. The number of aromatic nitrogens is 2. The fraction of sp³-hybridized carbons (Fsp3) is 0.583. The topological polar surface area (TPSA) is 72.1 Å². The van der Waals surface area contributed by atoms with Gasteiger partial charge in [0, 0.05) is 13.0 Å². The third-order valence-electron chi connectivity index (χ3n) is 2.95. The minimum absolute atomic E-state index is 0.107. The maximum absolute atomic E-state index is 11.8. The summed E-state index contributed by atoms with van der Waals surface area (Å²) in [6, 6.07) is 0. The van der Waals surface area contributed by atoms with E-state index in [-0.39, 0.29) is 11.8 Å². The molecule has 5 nitrogen and oxygen atoms in total. The first-order valence-electron chi connectivity index (χ1n) is 6.02. The summed E-state index contributed by atoms with van der Waals surface area (Å²) >= 11 is 0. The van der Waals surface area contributed by atoms with Gasteiger partial charge >= 0.3 is 0 Å². The molecular weight excluding hydrogens is 216 g/mol. The smallest absolute Gasteiger partial charge is 0.232 e. The van der Waals surface area contributed by atoms with Crippen LogP contribution in [0.5, 0.6) is 0 Å². The van der Waals surface area contributed by atoms with E-state index in [4.69, 9.17) is 5.73 Å². The SMILES string of the molecule is CC(C)c1nc(N2CCCCC2=O)ncc1N. The fourth-order valence-corrected chi connectivity index (χ4v) is 2.00. The molecule has 1 amide bonds. The standard InChI is InChI=1S/C12H18N4O/c1-8(2)11-9(13)7-14-12(15-11)16-6-4-3-5-10(16)17/h7-8H,3-6,13H2,1-2H3. The Morgan fingerprint density at radius 3 is 2.82 bits per heavy atom. The van der Waals surface area contributed by atoms with Crippen molar-refractivity contribution in [1.29, 1.82) is 0 Å². The zero-order valence-corrected chi connectivity index (χ0v) is 10.3. The second-order valence-corrected chi connectivity index (χ2v) is 4.67. The lowest BCUT2D eigenvalue weighted by Crippen LogP contribution is -2.36. The quantitative estimate of drug-likeness (QED) is 0.845. The third kappa shape index (κ3) is 2.38. The van der Waals surface area contributed by atoms with Gasteiger partial charge in [0.15, 0.2) is 0 Å². The van der Waals surface area contributed by atoms with Crippen LogP contribution in [0.25, 0.3) is 0 Å². The van der Waals surface area contributed by atoms with Crippen LogP contribution in [-0.2, 0) is 4.79 Å². The van der Waals surface area contributed by atoms with Crippen molar-refractivity contribution in [2.24, 2.45) is 0 Å². The monoisotopic (exact) mass is 234 g/mol. The molecule has 92 valence electrons. The zero-order valence-electron chi connectivity index (χ0n) is 10.3. The molecule has 2 N–H and O–H groups in total. The lowest BCUT2D eigenvalue weighted by Gasteiger charge is -2.25. The lowest BCUT2D eigenvalue weighted by atomic mass is 10.1. The maximum Gasteiger partial charge on any atom is 0.232 e. The molecule has 1 saturated heterocycles. The molecule has 1 aromatic rings. The first kappa shape index (κ1) is 11.8. The van der Waals surface area contributed by atoms with Gasteiger partial charge in [-0.15, -0.1) is 0 Å². The van der Waals surface area contributed by atoms with Crippen LogP contribution >= 0.6 is 0 Å². The number of nitrogens with zero attached hydrogens (tertiary/aromatic N) is 3. The van der Waals surface area contributed by atoms with Gasteiger partial charge in [0.05, 0.1) is 17.6 Å². The van der Waals surface area contributed by atoms with Gasteiger partial charge in [0.1, 0.15) is 0 Å². The molecule has 0 spiro atoms. The summed E-state index contributed by atoms with van der Waals surface area (Å²) in [4.78, 5) is 22.0. The first-order valence-corrected chi connectivity index (χ1v) is 6.02. The number of hydrogen-bond donors (Lipinski definition) is 1. The molecule has 2 rings (SSSR count). The van der Waals surface area contributed by atoms with Crippen molar-refractivity contribution >= 4 is 17.5 Å². The summed E-state index contributed by atoms with van der Waals surface area (Å²) in [6.45, 7) is 4.77. The molecule has 0 atom stereocenters. The Kier molecular flexibility index (Phi) is 3.26. The summed E-state index contributed by atoms with van der Waals surface area (Å²) < 4.78 is 0. The van der Waals surface area contributed by atoms with E-state index in [1.807, 2.05) is 13.8 Å². The number of hydrogen-bond acceptors (Lipinski definition) is 4. The van der Waals surface area contributed by atoms with E-state index in [0.717, 1.165) is 18.5 Å². The van der Waals surface area contributed by atoms with Gasteiger partial charge in [-0.05, 0) is 18.8 Å². The molecule has 0 unspecified atom stereocenters. The van der Waals surface area contributed by atoms with Crippen molar-refractivity contribution in [2.75, 3.05) is 17.2 Å². The average Bonchev–Trinajstić information content (AvgIpc) is 2.30. The summed E-state index contributed by atoms with van der Waals surface area (Å²) in [5.41, 5.74) is 7.23. The van der Waals surface area contributed by atoms with Crippen molar-refractivity contribution < 1.29 is 4.79 Å². The second kappa shape index (κ2) is 4.69. The zero-order chi connectivity index (χ0) is 12.4. The Labute approximate surface area is 101 Å². The van der Waals surface area contributed by atoms with Crippen LogP contribution < -0.4 is 10.6 Å². The van der Waals surface area contributed by atoms with Crippen LogP contribution in [0.2, 0.25) is 0 Å². The number of carbonyl (C=O) groups excluding carboxylic acids is 1. The van der Waals surface area contributed by atoms with E-state index in [1.165, 1.54) is 0 Å². The number of amides is 1. The fourth-order valence-electron chi connectivity index (χ4n) is 2.00. The molecule has 1 fully saturated rings. The van der Waals surface area contributed by atoms with Crippen LogP contribution in [0, 0.1) is 0 Å². The lowest BCUT2D eigenvalue weighted by molar-refractivity contribution is -0.119. The summed E-state index contributed by atoms with van der Waals surface area (Å²) in [5.74, 6) is 0.833. The largest absolute Gasteiger partial charge is 0.396 e. The molecule has 0 bridgehead atoms. The number of carbonyl (C=O) groups is 1. The van der Waals surface area contributed by atoms with E-state index < -0.39 is 0 Å². The van der Waals surface area contributed by atoms with Gasteiger partial charge in [-0.1, -0.05) is 13.8 Å². The summed E-state index contributed by atoms with van der Waals surface area (Å²) in [7, 11) is 0. The minimum atomic E-state index is 0.107. The van der Waals surface area contributed by atoms with Gasteiger partial charge in [0.2, 0.25) is 11.9 Å². The van der Waals surface area contributed by atoms with Crippen molar-refractivity contribution in [2.45, 2.75) is 39.0 Å². The van der Waals surface area contributed by atoms with Crippen LogP contribution in [0.3, 0.4) is 0 Å². The minimum Gasteiger partial charge on any atom is -0.396 e. The highest BCUT2D eigenvalue weighted by Gasteiger charge is 2.22. The maximum atomic E-state index is 11.8. The number of rotatable bonds is 2. The molecule has 0 saturated carbocycles. The van der Waals surface area contributed by atoms with Gasteiger partial charge < -0.3 is 5.73 Å². The van der Waals surface area contributed by atoms with Crippen LogP contribution in [-0.4, -0.2) is 22.4 Å². The van der Waals surface area contributed by atoms with E-state index in [1.54, 1.807) is 11.1 Å². The highest BCUT2D eigenvalue weighted by molar-refractivity contribution is 5.92. The second-order valence-electron chi connectivity index (χ2n) is 4.67. The van der Waals surface area contributed by atoms with E-state index in [0.29, 0.717) is 24.6 Å². The average molecular weight is 234 g/mol. The number of piperidine rings is 1. The van der Waals surface area contributed by atoms with Crippen molar-refractivity contribution in [3.05, 3.63) is 11.9 Å². The number of anilines is 2. The molecule has 0 aliphatic carbocycles. The molecule has 5 heteroatoms. The highest BCUT2D eigenvalue weighted by Crippen LogP contribution is 2.23. The normalized spacial score (nSPS) is 16.6. The van der Waals surface area contributed by atoms with Gasteiger partial charge in [-0.3, -0.25) is 9.69 Å². The molecule has 0 radical (unpaired) electrons. The Hall–Kier alpha value is -1.65. The molecule has 2 heterocycles. The first-order chi connectivity index (χ1) is 8.09. The van der Waals surface area contributed by atoms with Gasteiger partial charge in [-0.2, -0.15) is 0 Å².